The predicted octanol–water partition coefficient (Wildman–Crippen LogP) is 0.777. The number of benzene rings is 1. The summed E-state index contributed by atoms with van der Waals surface area (Å²) in [6.45, 7) is -0.0798. The molecule has 86 valence electrons. The van der Waals surface area contributed by atoms with E-state index in [4.69, 9.17) is 14.6 Å². The van der Waals surface area contributed by atoms with Crippen molar-refractivity contribution in [3.8, 4) is 11.5 Å². The fraction of sp³-hybridized carbons (Fsp3) is 0.364. The monoisotopic (exact) mass is 223 g/mol. The summed E-state index contributed by atoms with van der Waals surface area (Å²) in [5, 5.41) is 11.5. The Morgan fingerprint density at radius 1 is 1.56 bits per heavy atom. The standard InChI is InChI=1S/C11H13NO4/c1-15-7-2-3-9-8(6-7)12-11(14)10(16-9)4-5-13/h2-3,6,10,13H,4-5H2,1H3,(H,12,14). The first-order valence-electron chi connectivity index (χ1n) is 5.01. The molecule has 1 amide bonds. The Labute approximate surface area is 93.0 Å². The van der Waals surface area contributed by atoms with Crippen molar-refractivity contribution >= 4 is 11.6 Å². The number of carbonyl (C=O) groups is 1. The maximum Gasteiger partial charge on any atom is 0.265 e. The van der Waals surface area contributed by atoms with Crippen LogP contribution in [0, 0.1) is 0 Å². The van der Waals surface area contributed by atoms with Crippen molar-refractivity contribution in [1.82, 2.24) is 0 Å². The van der Waals surface area contributed by atoms with Crippen molar-refractivity contribution < 1.29 is 19.4 Å². The molecule has 1 aromatic carbocycles. The molecule has 1 aliphatic rings. The number of hydrogen-bond donors (Lipinski definition) is 2. The third-order valence-corrected chi connectivity index (χ3v) is 2.40. The second kappa shape index (κ2) is 4.40. The number of hydrogen-bond acceptors (Lipinski definition) is 4. The van der Waals surface area contributed by atoms with Gasteiger partial charge in [-0.15, -0.1) is 0 Å². The summed E-state index contributed by atoms with van der Waals surface area (Å²) in [5.74, 6) is 1.01. The minimum Gasteiger partial charge on any atom is -0.497 e. The summed E-state index contributed by atoms with van der Waals surface area (Å²) in [5.41, 5.74) is 0.596. The lowest BCUT2D eigenvalue weighted by molar-refractivity contribution is -0.124. The molecule has 2 rings (SSSR count). The second-order valence-corrected chi connectivity index (χ2v) is 3.47. The average molecular weight is 223 g/mol. The van der Waals surface area contributed by atoms with Gasteiger partial charge in [0.2, 0.25) is 0 Å². The Bertz CT molecular complexity index is 405. The molecule has 0 saturated carbocycles. The highest BCUT2D eigenvalue weighted by Gasteiger charge is 2.27. The molecule has 0 radical (unpaired) electrons. The highest BCUT2D eigenvalue weighted by Crippen LogP contribution is 2.33. The van der Waals surface area contributed by atoms with E-state index in [-0.39, 0.29) is 18.9 Å². The van der Waals surface area contributed by atoms with Crippen molar-refractivity contribution in [3.05, 3.63) is 18.2 Å². The summed E-state index contributed by atoms with van der Waals surface area (Å²) >= 11 is 0. The number of fused-ring (bicyclic) bond motifs is 1. The molecule has 1 aliphatic heterocycles. The van der Waals surface area contributed by atoms with Crippen LogP contribution in [-0.4, -0.2) is 30.8 Å². The van der Waals surface area contributed by atoms with Crippen LogP contribution in [-0.2, 0) is 4.79 Å². The van der Waals surface area contributed by atoms with E-state index in [0.29, 0.717) is 17.2 Å². The third kappa shape index (κ3) is 1.94. The lowest BCUT2D eigenvalue weighted by Crippen LogP contribution is -2.37. The summed E-state index contributed by atoms with van der Waals surface area (Å²) in [4.78, 5) is 11.6. The molecule has 1 unspecified atom stereocenters. The van der Waals surface area contributed by atoms with E-state index in [1.54, 1.807) is 25.3 Å². The van der Waals surface area contributed by atoms with Crippen molar-refractivity contribution in [1.29, 1.82) is 0 Å². The summed E-state index contributed by atoms with van der Waals surface area (Å²) < 4.78 is 10.5. The molecule has 0 aromatic heterocycles. The average Bonchev–Trinajstić information content (AvgIpc) is 2.30. The number of nitrogens with one attached hydrogen (secondary N) is 1. The Morgan fingerprint density at radius 2 is 2.38 bits per heavy atom. The number of ether oxygens (including phenoxy) is 2. The van der Waals surface area contributed by atoms with Gasteiger partial charge in [-0.05, 0) is 12.1 Å². The van der Waals surface area contributed by atoms with Gasteiger partial charge in [0.1, 0.15) is 11.5 Å². The molecule has 2 N–H and O–H groups in total. The third-order valence-electron chi connectivity index (χ3n) is 2.40. The smallest absolute Gasteiger partial charge is 0.265 e. The molecule has 0 bridgehead atoms. The zero-order valence-corrected chi connectivity index (χ0v) is 8.90. The van der Waals surface area contributed by atoms with E-state index in [0.717, 1.165) is 0 Å². The summed E-state index contributed by atoms with van der Waals surface area (Å²) in [6.07, 6.45) is -0.331. The molecule has 1 atom stereocenters. The van der Waals surface area contributed by atoms with E-state index in [1.165, 1.54) is 0 Å². The fourth-order valence-electron chi connectivity index (χ4n) is 1.56. The molecule has 1 heterocycles. The zero-order chi connectivity index (χ0) is 11.5. The van der Waals surface area contributed by atoms with Crippen molar-refractivity contribution in [2.45, 2.75) is 12.5 Å². The SMILES string of the molecule is COc1ccc2c(c1)NC(=O)C(CCO)O2. The summed E-state index contributed by atoms with van der Waals surface area (Å²) in [6, 6.07) is 5.19. The number of methoxy groups -OCH3 is 1. The van der Waals surface area contributed by atoms with Crippen LogP contribution in [0.2, 0.25) is 0 Å². The van der Waals surface area contributed by atoms with Crippen LogP contribution < -0.4 is 14.8 Å². The van der Waals surface area contributed by atoms with Gasteiger partial charge in [-0.25, -0.2) is 0 Å². The van der Waals surface area contributed by atoms with E-state index in [1.807, 2.05) is 0 Å². The molecule has 16 heavy (non-hydrogen) atoms. The van der Waals surface area contributed by atoms with Gasteiger partial charge in [-0.1, -0.05) is 0 Å². The Balaban J connectivity index is 2.24. The maximum atomic E-state index is 11.6. The molecule has 5 heteroatoms. The molecular formula is C11H13NO4. The largest absolute Gasteiger partial charge is 0.497 e. The van der Waals surface area contributed by atoms with Gasteiger partial charge < -0.3 is 19.9 Å². The van der Waals surface area contributed by atoms with Crippen LogP contribution in [0.5, 0.6) is 11.5 Å². The van der Waals surface area contributed by atoms with Crippen LogP contribution in [0.3, 0.4) is 0 Å². The number of amides is 1. The van der Waals surface area contributed by atoms with Crippen LogP contribution in [0.1, 0.15) is 6.42 Å². The van der Waals surface area contributed by atoms with Gasteiger partial charge >= 0.3 is 0 Å². The minimum absolute atomic E-state index is 0.0798. The first kappa shape index (κ1) is 10.8. The fourth-order valence-corrected chi connectivity index (χ4v) is 1.56. The van der Waals surface area contributed by atoms with E-state index >= 15 is 0 Å². The van der Waals surface area contributed by atoms with Gasteiger partial charge in [0.05, 0.1) is 12.8 Å². The Hall–Kier alpha value is -1.75. The molecule has 0 saturated heterocycles. The molecule has 5 nitrogen and oxygen atoms in total. The number of carbonyl (C=O) groups excluding carboxylic acids is 1. The van der Waals surface area contributed by atoms with E-state index in [2.05, 4.69) is 5.32 Å². The summed E-state index contributed by atoms with van der Waals surface area (Å²) in [7, 11) is 1.56. The van der Waals surface area contributed by atoms with Crippen molar-refractivity contribution in [2.24, 2.45) is 0 Å². The lowest BCUT2D eigenvalue weighted by atomic mass is 10.1. The zero-order valence-electron chi connectivity index (χ0n) is 8.90. The van der Waals surface area contributed by atoms with Gasteiger partial charge in [0.25, 0.3) is 5.91 Å². The molecule has 0 fully saturated rings. The maximum absolute atomic E-state index is 11.6. The quantitative estimate of drug-likeness (QED) is 0.794. The molecule has 0 spiro atoms. The van der Waals surface area contributed by atoms with Gasteiger partial charge in [0.15, 0.2) is 6.10 Å². The first-order chi connectivity index (χ1) is 7.74. The first-order valence-corrected chi connectivity index (χ1v) is 5.01. The Morgan fingerprint density at radius 3 is 3.06 bits per heavy atom. The van der Waals surface area contributed by atoms with Crippen LogP contribution in [0.25, 0.3) is 0 Å². The van der Waals surface area contributed by atoms with Gasteiger partial charge in [-0.2, -0.15) is 0 Å². The van der Waals surface area contributed by atoms with Crippen LogP contribution in [0.15, 0.2) is 18.2 Å². The molecule has 1 aromatic rings. The van der Waals surface area contributed by atoms with Crippen LogP contribution in [0.4, 0.5) is 5.69 Å². The normalized spacial score (nSPS) is 18.4. The number of aliphatic hydroxyl groups excluding tert-OH is 1. The van der Waals surface area contributed by atoms with Gasteiger partial charge in [0, 0.05) is 19.1 Å². The topological polar surface area (TPSA) is 67.8 Å². The Kier molecular flexibility index (Phi) is 2.96. The van der Waals surface area contributed by atoms with Crippen molar-refractivity contribution in [2.75, 3.05) is 19.0 Å². The highest BCUT2D eigenvalue weighted by molar-refractivity contribution is 5.97. The molecular weight excluding hydrogens is 210 g/mol. The number of aliphatic hydroxyl groups is 1. The molecule has 0 aliphatic carbocycles. The highest BCUT2D eigenvalue weighted by atomic mass is 16.5. The number of rotatable bonds is 3. The second-order valence-electron chi connectivity index (χ2n) is 3.47. The van der Waals surface area contributed by atoms with E-state index < -0.39 is 6.10 Å². The number of anilines is 1. The van der Waals surface area contributed by atoms with E-state index in [9.17, 15) is 4.79 Å². The van der Waals surface area contributed by atoms with Gasteiger partial charge in [-0.3, -0.25) is 4.79 Å². The van der Waals surface area contributed by atoms with Crippen LogP contribution >= 0.6 is 0 Å². The van der Waals surface area contributed by atoms with Crippen molar-refractivity contribution in [3.63, 3.8) is 0 Å². The predicted molar refractivity (Wildman–Crippen MR) is 57.7 cm³/mol. The lowest BCUT2D eigenvalue weighted by Gasteiger charge is -2.25. The minimum atomic E-state index is -0.620.